The number of sulfonamides is 1. The lowest BCUT2D eigenvalue weighted by molar-refractivity contribution is 0.399. The Bertz CT molecular complexity index is 430. The summed E-state index contributed by atoms with van der Waals surface area (Å²) in [5.74, 6) is 0.706. The number of nitrogens with zero attached hydrogens (tertiary/aromatic N) is 2. The summed E-state index contributed by atoms with van der Waals surface area (Å²) >= 11 is 0. The molecule has 0 radical (unpaired) electrons. The highest BCUT2D eigenvalue weighted by Gasteiger charge is 2.20. The molecule has 92 valence electrons. The van der Waals surface area contributed by atoms with Gasteiger partial charge in [-0.25, -0.2) is 8.42 Å². The molecular formula is C9H15FN2O3S. The predicted molar refractivity (Wildman–Crippen MR) is 58.6 cm³/mol. The molecule has 7 heteroatoms. The molecule has 1 rings (SSSR count). The van der Waals surface area contributed by atoms with E-state index in [1.54, 1.807) is 6.92 Å². The Morgan fingerprint density at radius 1 is 1.50 bits per heavy atom. The molecule has 1 aromatic heterocycles. The van der Waals surface area contributed by atoms with E-state index in [-0.39, 0.29) is 18.0 Å². The molecule has 0 saturated carbocycles. The maximum absolute atomic E-state index is 11.9. The Hall–Kier alpha value is -1.11. The number of aromatic nitrogens is 1. The third-order valence-corrected chi connectivity index (χ3v) is 3.97. The van der Waals surface area contributed by atoms with Crippen LogP contribution in [0.15, 0.2) is 10.6 Å². The number of halogens is 1. The van der Waals surface area contributed by atoms with Crippen LogP contribution in [-0.2, 0) is 10.0 Å². The number of rotatable bonds is 6. The fourth-order valence-electron chi connectivity index (χ4n) is 1.16. The van der Waals surface area contributed by atoms with E-state index >= 15 is 0 Å². The van der Waals surface area contributed by atoms with Gasteiger partial charge in [-0.2, -0.15) is 0 Å². The molecule has 0 bridgehead atoms. The molecule has 0 amide bonds. The van der Waals surface area contributed by atoms with E-state index in [2.05, 4.69) is 5.16 Å². The number of unbranched alkanes of at least 4 members (excludes halogenated alkanes) is 1. The molecule has 5 nitrogen and oxygen atoms in total. The lowest BCUT2D eigenvalue weighted by Gasteiger charge is -2.15. The molecule has 0 fully saturated rings. The first-order chi connectivity index (χ1) is 7.47. The van der Waals surface area contributed by atoms with Crippen LogP contribution < -0.4 is 4.31 Å². The van der Waals surface area contributed by atoms with Crippen LogP contribution in [0.5, 0.6) is 0 Å². The Kier molecular flexibility index (Phi) is 4.28. The largest absolute Gasteiger partial charge is 0.360 e. The zero-order valence-electron chi connectivity index (χ0n) is 9.31. The van der Waals surface area contributed by atoms with Crippen molar-refractivity contribution in [3.63, 3.8) is 0 Å². The highest BCUT2D eigenvalue weighted by molar-refractivity contribution is 7.92. The van der Waals surface area contributed by atoms with Gasteiger partial charge in [-0.05, 0) is 19.8 Å². The number of alkyl halides is 1. The first kappa shape index (κ1) is 13.0. The van der Waals surface area contributed by atoms with Crippen LogP contribution in [0.4, 0.5) is 10.2 Å². The Morgan fingerprint density at radius 3 is 2.69 bits per heavy atom. The van der Waals surface area contributed by atoms with E-state index in [0.29, 0.717) is 12.2 Å². The third kappa shape index (κ3) is 3.19. The van der Waals surface area contributed by atoms with Gasteiger partial charge in [0.05, 0.1) is 12.4 Å². The average Bonchev–Trinajstić information content (AvgIpc) is 2.64. The summed E-state index contributed by atoms with van der Waals surface area (Å²) in [7, 11) is -2.02. The summed E-state index contributed by atoms with van der Waals surface area (Å²) in [5.41, 5.74) is 0. The number of hydrogen-bond donors (Lipinski definition) is 0. The fourth-order valence-corrected chi connectivity index (χ4v) is 2.37. The minimum Gasteiger partial charge on any atom is -0.360 e. The molecule has 0 aliphatic rings. The first-order valence-electron chi connectivity index (χ1n) is 4.93. The molecule has 0 N–H and O–H groups in total. The minimum absolute atomic E-state index is 0.0840. The Balaban J connectivity index is 2.68. The fraction of sp³-hybridized carbons (Fsp3) is 0.667. The highest BCUT2D eigenvalue weighted by atomic mass is 32.2. The quantitative estimate of drug-likeness (QED) is 0.718. The van der Waals surface area contributed by atoms with Crippen LogP contribution in [0.1, 0.15) is 18.6 Å². The van der Waals surface area contributed by atoms with Crippen molar-refractivity contribution < 1.29 is 17.3 Å². The molecule has 0 spiro atoms. The smallest absolute Gasteiger partial charge is 0.236 e. The van der Waals surface area contributed by atoms with Gasteiger partial charge in [-0.1, -0.05) is 5.16 Å². The van der Waals surface area contributed by atoms with Crippen molar-refractivity contribution in [2.24, 2.45) is 0 Å². The molecule has 0 aliphatic heterocycles. The van der Waals surface area contributed by atoms with E-state index in [9.17, 15) is 12.8 Å². The summed E-state index contributed by atoms with van der Waals surface area (Å²) in [6, 6.07) is 1.53. The standard InChI is InChI=1S/C9H15FN2O3S/c1-8-7-9(11-15-8)12(2)16(13,14)6-4-3-5-10/h7H,3-6H2,1-2H3. The molecule has 0 unspecified atom stereocenters. The van der Waals surface area contributed by atoms with Crippen molar-refractivity contribution >= 4 is 15.8 Å². The maximum atomic E-state index is 11.9. The molecule has 0 atom stereocenters. The van der Waals surface area contributed by atoms with Gasteiger partial charge >= 0.3 is 0 Å². The van der Waals surface area contributed by atoms with E-state index in [1.807, 2.05) is 0 Å². The van der Waals surface area contributed by atoms with Crippen molar-refractivity contribution in [3.05, 3.63) is 11.8 Å². The summed E-state index contributed by atoms with van der Waals surface area (Å²) in [6.45, 7) is 1.18. The summed E-state index contributed by atoms with van der Waals surface area (Å²) in [4.78, 5) is 0. The van der Waals surface area contributed by atoms with Crippen molar-refractivity contribution in [2.45, 2.75) is 19.8 Å². The maximum Gasteiger partial charge on any atom is 0.236 e. The van der Waals surface area contributed by atoms with Crippen molar-refractivity contribution in [1.82, 2.24) is 5.16 Å². The van der Waals surface area contributed by atoms with Crippen molar-refractivity contribution in [3.8, 4) is 0 Å². The van der Waals surface area contributed by atoms with Gasteiger partial charge in [0, 0.05) is 13.1 Å². The molecule has 0 aliphatic carbocycles. The van der Waals surface area contributed by atoms with E-state index in [0.717, 1.165) is 4.31 Å². The molecule has 1 aromatic rings. The molecule has 0 aromatic carbocycles. The van der Waals surface area contributed by atoms with Gasteiger partial charge < -0.3 is 4.52 Å². The molecule has 0 saturated heterocycles. The van der Waals surface area contributed by atoms with Gasteiger partial charge in [0.1, 0.15) is 5.76 Å². The topological polar surface area (TPSA) is 63.4 Å². The van der Waals surface area contributed by atoms with Gasteiger partial charge in [-0.3, -0.25) is 8.70 Å². The van der Waals surface area contributed by atoms with Gasteiger partial charge in [-0.15, -0.1) is 0 Å². The van der Waals surface area contributed by atoms with Gasteiger partial charge in [0.15, 0.2) is 5.82 Å². The van der Waals surface area contributed by atoms with Crippen LogP contribution in [0.3, 0.4) is 0 Å². The van der Waals surface area contributed by atoms with Crippen LogP contribution in [0.25, 0.3) is 0 Å². The van der Waals surface area contributed by atoms with Gasteiger partial charge in [0.25, 0.3) is 0 Å². The second-order valence-electron chi connectivity index (χ2n) is 3.48. The first-order valence-corrected chi connectivity index (χ1v) is 6.54. The lowest BCUT2D eigenvalue weighted by atomic mass is 10.4. The predicted octanol–water partition coefficient (Wildman–Crippen LogP) is 1.50. The Labute approximate surface area is 94.3 Å². The van der Waals surface area contributed by atoms with Crippen LogP contribution >= 0.6 is 0 Å². The van der Waals surface area contributed by atoms with Gasteiger partial charge in [0.2, 0.25) is 10.0 Å². The van der Waals surface area contributed by atoms with Crippen molar-refractivity contribution in [1.29, 1.82) is 0 Å². The third-order valence-electron chi connectivity index (χ3n) is 2.14. The molecular weight excluding hydrogens is 235 g/mol. The normalized spacial score (nSPS) is 11.7. The van der Waals surface area contributed by atoms with E-state index < -0.39 is 16.7 Å². The van der Waals surface area contributed by atoms with Crippen LogP contribution in [-0.4, -0.2) is 33.0 Å². The van der Waals surface area contributed by atoms with Crippen LogP contribution in [0.2, 0.25) is 0 Å². The summed E-state index contributed by atoms with van der Waals surface area (Å²) < 4.78 is 41.2. The molecule has 1 heterocycles. The summed E-state index contributed by atoms with van der Waals surface area (Å²) in [6.07, 6.45) is 0.560. The second kappa shape index (κ2) is 5.29. The number of anilines is 1. The minimum atomic E-state index is -3.43. The van der Waals surface area contributed by atoms with E-state index in [1.165, 1.54) is 13.1 Å². The highest BCUT2D eigenvalue weighted by Crippen LogP contribution is 2.16. The number of aryl methyl sites for hydroxylation is 1. The second-order valence-corrected chi connectivity index (χ2v) is 5.60. The summed E-state index contributed by atoms with van der Waals surface area (Å²) in [5, 5.41) is 3.61. The monoisotopic (exact) mass is 250 g/mol. The van der Waals surface area contributed by atoms with E-state index in [4.69, 9.17) is 4.52 Å². The van der Waals surface area contributed by atoms with Crippen LogP contribution in [0, 0.1) is 6.92 Å². The lowest BCUT2D eigenvalue weighted by Crippen LogP contribution is -2.29. The zero-order chi connectivity index (χ0) is 12.2. The Morgan fingerprint density at radius 2 is 2.19 bits per heavy atom. The SMILES string of the molecule is Cc1cc(N(C)S(=O)(=O)CCCCF)no1. The zero-order valence-corrected chi connectivity index (χ0v) is 10.1. The average molecular weight is 250 g/mol. The number of hydrogen-bond acceptors (Lipinski definition) is 4. The van der Waals surface area contributed by atoms with Crippen molar-refractivity contribution in [2.75, 3.05) is 23.8 Å². The molecule has 16 heavy (non-hydrogen) atoms.